The number of nitrogens with two attached hydrogens (primary N) is 1. The van der Waals surface area contributed by atoms with Crippen molar-refractivity contribution < 1.29 is 0 Å². The van der Waals surface area contributed by atoms with Gasteiger partial charge in [0.15, 0.2) is 5.96 Å². The van der Waals surface area contributed by atoms with Gasteiger partial charge in [0, 0.05) is 19.1 Å². The van der Waals surface area contributed by atoms with E-state index in [1.807, 2.05) is 39.0 Å². The first-order valence-electron chi connectivity index (χ1n) is 7.06. The van der Waals surface area contributed by atoms with Crippen LogP contribution in [0.5, 0.6) is 0 Å². The minimum absolute atomic E-state index is 0. The van der Waals surface area contributed by atoms with Gasteiger partial charge in [-0.15, -0.1) is 24.0 Å². The van der Waals surface area contributed by atoms with Crippen molar-refractivity contribution in [2.45, 2.75) is 39.8 Å². The number of guanidine groups is 1. The van der Waals surface area contributed by atoms with E-state index in [2.05, 4.69) is 25.9 Å². The van der Waals surface area contributed by atoms with E-state index in [1.165, 1.54) is 5.52 Å². The van der Waals surface area contributed by atoms with Crippen molar-refractivity contribution in [1.82, 2.24) is 14.9 Å². The molecule has 0 fully saturated rings. The Bertz CT molecular complexity index is 603. The minimum atomic E-state index is 0. The van der Waals surface area contributed by atoms with Crippen LogP contribution in [0.25, 0.3) is 11.0 Å². The van der Waals surface area contributed by atoms with Gasteiger partial charge in [-0.3, -0.25) is 4.99 Å². The number of rotatable bonds is 5. The molecule has 0 bridgehead atoms. The van der Waals surface area contributed by atoms with Crippen LogP contribution >= 0.6 is 24.0 Å². The SMILES string of the molecule is Cc1nc2ccccc2n1CCCN=C(N)NC(C)C.I. The highest BCUT2D eigenvalue weighted by Gasteiger charge is 2.05. The molecule has 3 N–H and O–H groups in total. The quantitative estimate of drug-likeness (QED) is 0.350. The van der Waals surface area contributed by atoms with E-state index >= 15 is 0 Å². The summed E-state index contributed by atoms with van der Waals surface area (Å²) in [5.74, 6) is 1.57. The van der Waals surface area contributed by atoms with Gasteiger partial charge < -0.3 is 15.6 Å². The molecule has 116 valence electrons. The average Bonchev–Trinajstić information content (AvgIpc) is 2.70. The Morgan fingerprint density at radius 3 is 2.81 bits per heavy atom. The van der Waals surface area contributed by atoms with Crippen LogP contribution in [-0.4, -0.2) is 28.1 Å². The molecule has 0 aliphatic rings. The summed E-state index contributed by atoms with van der Waals surface area (Å²) in [6.45, 7) is 7.76. The van der Waals surface area contributed by atoms with E-state index < -0.39 is 0 Å². The smallest absolute Gasteiger partial charge is 0.188 e. The molecular weight excluding hydrogens is 377 g/mol. The summed E-state index contributed by atoms with van der Waals surface area (Å²) in [6, 6.07) is 8.53. The van der Waals surface area contributed by atoms with Gasteiger partial charge in [-0.1, -0.05) is 12.1 Å². The Kier molecular flexibility index (Phi) is 6.94. The first-order chi connectivity index (χ1) is 9.58. The van der Waals surface area contributed by atoms with Gasteiger partial charge in [-0.05, 0) is 39.3 Å². The van der Waals surface area contributed by atoms with Crippen LogP contribution in [-0.2, 0) is 6.54 Å². The monoisotopic (exact) mass is 401 g/mol. The molecule has 0 aliphatic carbocycles. The predicted molar refractivity (Wildman–Crippen MR) is 99.3 cm³/mol. The Morgan fingerprint density at radius 1 is 1.38 bits per heavy atom. The van der Waals surface area contributed by atoms with Crippen molar-refractivity contribution in [2.75, 3.05) is 6.54 Å². The Balaban J connectivity index is 0.00000220. The third-order valence-electron chi connectivity index (χ3n) is 3.10. The van der Waals surface area contributed by atoms with Crippen molar-refractivity contribution in [3.63, 3.8) is 0 Å². The number of halogens is 1. The molecule has 1 aromatic carbocycles. The summed E-state index contributed by atoms with van der Waals surface area (Å²) < 4.78 is 2.23. The third kappa shape index (κ3) is 4.87. The number of nitrogens with zero attached hydrogens (tertiary/aromatic N) is 3. The molecule has 1 heterocycles. The van der Waals surface area contributed by atoms with Crippen LogP contribution in [0.1, 0.15) is 26.1 Å². The van der Waals surface area contributed by atoms with Crippen LogP contribution in [0.2, 0.25) is 0 Å². The molecule has 0 spiro atoms. The second-order valence-corrected chi connectivity index (χ2v) is 5.22. The molecule has 0 saturated heterocycles. The van der Waals surface area contributed by atoms with Gasteiger partial charge in [0.25, 0.3) is 0 Å². The van der Waals surface area contributed by atoms with Crippen LogP contribution in [0, 0.1) is 6.92 Å². The number of fused-ring (bicyclic) bond motifs is 1. The summed E-state index contributed by atoms with van der Waals surface area (Å²) in [7, 11) is 0. The number of imidazole rings is 1. The second-order valence-electron chi connectivity index (χ2n) is 5.22. The average molecular weight is 401 g/mol. The summed E-state index contributed by atoms with van der Waals surface area (Å²) >= 11 is 0. The van der Waals surface area contributed by atoms with E-state index in [0.29, 0.717) is 12.0 Å². The molecule has 6 heteroatoms. The molecule has 2 rings (SSSR count). The molecule has 2 aromatic rings. The number of benzene rings is 1. The maximum absolute atomic E-state index is 5.77. The molecule has 5 nitrogen and oxygen atoms in total. The van der Waals surface area contributed by atoms with Gasteiger partial charge in [0.05, 0.1) is 11.0 Å². The van der Waals surface area contributed by atoms with E-state index in [-0.39, 0.29) is 24.0 Å². The fourth-order valence-electron chi connectivity index (χ4n) is 2.25. The standard InChI is InChI=1S/C15H23N5.HI/c1-11(2)18-15(16)17-9-6-10-20-12(3)19-13-7-4-5-8-14(13)20;/h4-5,7-8,11H,6,9-10H2,1-3H3,(H3,16,17,18);1H. The van der Waals surface area contributed by atoms with Crippen LogP contribution < -0.4 is 11.1 Å². The highest BCUT2D eigenvalue weighted by molar-refractivity contribution is 14.0. The first-order valence-corrected chi connectivity index (χ1v) is 7.06. The fourth-order valence-corrected chi connectivity index (χ4v) is 2.25. The van der Waals surface area contributed by atoms with Gasteiger partial charge in [0.1, 0.15) is 5.82 Å². The number of nitrogens with one attached hydrogen (secondary N) is 1. The number of para-hydroxylation sites is 2. The van der Waals surface area contributed by atoms with Gasteiger partial charge in [-0.2, -0.15) is 0 Å². The fraction of sp³-hybridized carbons (Fsp3) is 0.467. The van der Waals surface area contributed by atoms with Crippen molar-refractivity contribution >= 4 is 41.0 Å². The van der Waals surface area contributed by atoms with Crippen molar-refractivity contribution in [3.05, 3.63) is 30.1 Å². The summed E-state index contributed by atoms with van der Waals surface area (Å²) in [5, 5.41) is 3.09. The number of aryl methyl sites for hydroxylation is 2. The molecule has 1 aromatic heterocycles. The van der Waals surface area contributed by atoms with E-state index in [9.17, 15) is 0 Å². The zero-order valence-electron chi connectivity index (χ0n) is 12.8. The topological polar surface area (TPSA) is 68.2 Å². The summed E-state index contributed by atoms with van der Waals surface area (Å²) in [4.78, 5) is 8.88. The zero-order chi connectivity index (χ0) is 14.5. The van der Waals surface area contributed by atoms with Gasteiger partial charge >= 0.3 is 0 Å². The molecule has 0 saturated carbocycles. The molecule has 0 amide bonds. The van der Waals surface area contributed by atoms with Gasteiger partial charge in [0.2, 0.25) is 0 Å². The van der Waals surface area contributed by atoms with E-state index in [1.54, 1.807) is 0 Å². The Labute approximate surface area is 143 Å². The molecular formula is C15H24IN5. The second kappa shape index (κ2) is 8.21. The predicted octanol–water partition coefficient (Wildman–Crippen LogP) is 2.67. The molecule has 21 heavy (non-hydrogen) atoms. The van der Waals surface area contributed by atoms with E-state index in [0.717, 1.165) is 30.9 Å². The van der Waals surface area contributed by atoms with Crippen LogP contribution in [0.15, 0.2) is 29.3 Å². The molecule has 0 atom stereocenters. The molecule has 0 aliphatic heterocycles. The number of hydrogen-bond donors (Lipinski definition) is 2. The molecule has 0 unspecified atom stereocenters. The Morgan fingerprint density at radius 2 is 2.10 bits per heavy atom. The lowest BCUT2D eigenvalue weighted by atomic mass is 10.3. The minimum Gasteiger partial charge on any atom is -0.370 e. The number of aliphatic imine (C=N–C) groups is 1. The third-order valence-corrected chi connectivity index (χ3v) is 3.10. The zero-order valence-corrected chi connectivity index (χ0v) is 15.2. The van der Waals surface area contributed by atoms with Crippen molar-refractivity contribution in [3.8, 4) is 0 Å². The largest absolute Gasteiger partial charge is 0.370 e. The maximum atomic E-state index is 5.77. The lowest BCUT2D eigenvalue weighted by Gasteiger charge is -2.09. The first kappa shape index (κ1) is 17.7. The van der Waals surface area contributed by atoms with E-state index in [4.69, 9.17) is 5.73 Å². The normalized spacial score (nSPS) is 11.7. The highest BCUT2D eigenvalue weighted by Crippen LogP contribution is 2.15. The molecule has 0 radical (unpaired) electrons. The van der Waals surface area contributed by atoms with Crippen LogP contribution in [0.3, 0.4) is 0 Å². The number of aromatic nitrogens is 2. The van der Waals surface area contributed by atoms with Crippen LogP contribution in [0.4, 0.5) is 0 Å². The van der Waals surface area contributed by atoms with Crippen molar-refractivity contribution in [1.29, 1.82) is 0 Å². The number of hydrogen-bond acceptors (Lipinski definition) is 2. The lowest BCUT2D eigenvalue weighted by molar-refractivity contribution is 0.645. The summed E-state index contributed by atoms with van der Waals surface area (Å²) in [6.07, 6.45) is 0.946. The van der Waals surface area contributed by atoms with Gasteiger partial charge in [-0.25, -0.2) is 4.98 Å². The summed E-state index contributed by atoms with van der Waals surface area (Å²) in [5.41, 5.74) is 8.01. The lowest BCUT2D eigenvalue weighted by Crippen LogP contribution is -2.36. The van der Waals surface area contributed by atoms with Crippen molar-refractivity contribution in [2.24, 2.45) is 10.7 Å². The maximum Gasteiger partial charge on any atom is 0.188 e. The highest BCUT2D eigenvalue weighted by atomic mass is 127. The Hall–Kier alpha value is -1.31.